The number of halogens is 1. The molecule has 1 N–H and O–H groups in total. The summed E-state index contributed by atoms with van der Waals surface area (Å²) in [7, 11) is -3.03. The summed E-state index contributed by atoms with van der Waals surface area (Å²) in [6.07, 6.45) is 0.655. The van der Waals surface area contributed by atoms with E-state index in [0.29, 0.717) is 17.4 Å². The summed E-state index contributed by atoms with van der Waals surface area (Å²) in [4.78, 5) is 0. The quantitative estimate of drug-likeness (QED) is 0.751. The van der Waals surface area contributed by atoms with Gasteiger partial charge in [0.2, 0.25) is 0 Å². The number of benzene rings is 1. The topological polar surface area (TPSA) is 46.2 Å². The normalized spacial score (nSPS) is 12.0. The molecule has 0 atom stereocenters. The van der Waals surface area contributed by atoms with Crippen LogP contribution >= 0.6 is 11.6 Å². The molecule has 19 heavy (non-hydrogen) atoms. The van der Waals surface area contributed by atoms with E-state index >= 15 is 0 Å². The van der Waals surface area contributed by atoms with E-state index in [1.165, 1.54) is 0 Å². The lowest BCUT2D eigenvalue weighted by atomic mass is 10.2. The molecule has 0 aliphatic rings. The first-order chi connectivity index (χ1) is 8.89. The van der Waals surface area contributed by atoms with Crippen molar-refractivity contribution in [2.45, 2.75) is 26.0 Å². The standard InChI is InChI=1S/C14H22ClNO2S/c1-12(2)10-16-8-3-9-19(17,18)11-13-4-6-14(15)7-5-13/h4-7,12,16H,3,8-11H2,1-2H3. The SMILES string of the molecule is CC(C)CNCCCS(=O)(=O)Cc1ccc(Cl)cc1. The molecule has 0 heterocycles. The monoisotopic (exact) mass is 303 g/mol. The van der Waals surface area contributed by atoms with Crippen molar-refractivity contribution in [3.8, 4) is 0 Å². The van der Waals surface area contributed by atoms with Crippen molar-refractivity contribution >= 4 is 21.4 Å². The Labute approximate surface area is 121 Å². The Balaban J connectivity index is 2.34. The minimum absolute atomic E-state index is 0.0916. The highest BCUT2D eigenvalue weighted by Crippen LogP contribution is 2.12. The maximum absolute atomic E-state index is 11.9. The predicted molar refractivity (Wildman–Crippen MR) is 81.3 cm³/mol. The van der Waals surface area contributed by atoms with Crippen molar-refractivity contribution in [3.05, 3.63) is 34.9 Å². The third kappa shape index (κ3) is 7.55. The average molecular weight is 304 g/mol. The van der Waals surface area contributed by atoms with Gasteiger partial charge in [-0.15, -0.1) is 0 Å². The van der Waals surface area contributed by atoms with Crippen LogP contribution in [0.4, 0.5) is 0 Å². The molecule has 1 rings (SSSR count). The van der Waals surface area contributed by atoms with Crippen molar-refractivity contribution in [3.63, 3.8) is 0 Å². The maximum Gasteiger partial charge on any atom is 0.154 e. The third-order valence-corrected chi connectivity index (χ3v) is 4.60. The number of nitrogens with one attached hydrogen (secondary N) is 1. The molecule has 3 nitrogen and oxygen atoms in total. The van der Waals surface area contributed by atoms with Crippen molar-refractivity contribution < 1.29 is 8.42 Å². The molecular formula is C14H22ClNO2S. The Morgan fingerprint density at radius 3 is 2.42 bits per heavy atom. The highest BCUT2D eigenvalue weighted by atomic mass is 35.5. The Kier molecular flexibility index (Phi) is 6.83. The summed E-state index contributed by atoms with van der Waals surface area (Å²) in [6.45, 7) is 5.93. The first-order valence-electron chi connectivity index (χ1n) is 6.54. The van der Waals surface area contributed by atoms with Gasteiger partial charge in [0.05, 0.1) is 11.5 Å². The summed E-state index contributed by atoms with van der Waals surface area (Å²) < 4.78 is 23.8. The predicted octanol–water partition coefficient (Wildman–Crippen LogP) is 2.89. The zero-order chi connectivity index (χ0) is 14.3. The van der Waals surface area contributed by atoms with Gasteiger partial charge >= 0.3 is 0 Å². The molecule has 0 radical (unpaired) electrons. The van der Waals surface area contributed by atoms with Crippen molar-refractivity contribution in [1.82, 2.24) is 5.32 Å². The van der Waals surface area contributed by atoms with E-state index in [1.807, 2.05) is 0 Å². The molecule has 1 aromatic rings. The largest absolute Gasteiger partial charge is 0.316 e. The molecule has 108 valence electrons. The second-order valence-corrected chi connectivity index (χ2v) is 7.79. The van der Waals surface area contributed by atoms with Crippen LogP contribution in [-0.2, 0) is 15.6 Å². The van der Waals surface area contributed by atoms with Crippen molar-refractivity contribution in [2.75, 3.05) is 18.8 Å². The van der Waals surface area contributed by atoms with Crippen LogP contribution in [0, 0.1) is 5.92 Å². The fraction of sp³-hybridized carbons (Fsp3) is 0.571. The molecule has 0 amide bonds. The first-order valence-corrected chi connectivity index (χ1v) is 8.74. The van der Waals surface area contributed by atoms with E-state index in [2.05, 4.69) is 19.2 Å². The fourth-order valence-corrected chi connectivity index (χ4v) is 3.27. The van der Waals surface area contributed by atoms with E-state index in [1.54, 1.807) is 24.3 Å². The molecular weight excluding hydrogens is 282 g/mol. The molecule has 5 heteroatoms. The van der Waals surface area contributed by atoms with Crippen LogP contribution in [0.2, 0.25) is 5.02 Å². The van der Waals surface area contributed by atoms with Gasteiger partial charge in [0.25, 0.3) is 0 Å². The molecule has 0 fully saturated rings. The van der Waals surface area contributed by atoms with Gasteiger partial charge in [-0.3, -0.25) is 0 Å². The molecule has 0 unspecified atom stereocenters. The van der Waals surface area contributed by atoms with Crippen LogP contribution in [0.3, 0.4) is 0 Å². The molecule has 0 saturated heterocycles. The lowest BCUT2D eigenvalue weighted by Gasteiger charge is -2.08. The Morgan fingerprint density at radius 2 is 1.84 bits per heavy atom. The number of rotatable bonds is 8. The summed E-state index contributed by atoms with van der Waals surface area (Å²) >= 11 is 5.77. The first kappa shape index (κ1) is 16.5. The molecule has 1 aromatic carbocycles. The summed E-state index contributed by atoms with van der Waals surface area (Å²) in [5.41, 5.74) is 0.791. The lowest BCUT2D eigenvalue weighted by molar-refractivity contribution is 0.546. The second kappa shape index (κ2) is 7.88. The van der Waals surface area contributed by atoms with Gasteiger partial charge < -0.3 is 5.32 Å². The highest BCUT2D eigenvalue weighted by molar-refractivity contribution is 7.90. The summed E-state index contributed by atoms with van der Waals surface area (Å²) in [5, 5.41) is 3.87. The van der Waals surface area contributed by atoms with E-state index in [0.717, 1.165) is 18.7 Å². The van der Waals surface area contributed by atoms with Gasteiger partial charge in [0.15, 0.2) is 9.84 Å². The van der Waals surface area contributed by atoms with Crippen LogP contribution < -0.4 is 5.32 Å². The van der Waals surface area contributed by atoms with Crippen LogP contribution in [0.25, 0.3) is 0 Å². The van der Waals surface area contributed by atoms with E-state index < -0.39 is 9.84 Å². The van der Waals surface area contributed by atoms with E-state index in [-0.39, 0.29) is 11.5 Å². The Morgan fingerprint density at radius 1 is 1.21 bits per heavy atom. The number of sulfone groups is 1. The summed E-state index contributed by atoms with van der Waals surface area (Å²) in [6, 6.07) is 6.96. The molecule has 0 saturated carbocycles. The minimum Gasteiger partial charge on any atom is -0.316 e. The van der Waals surface area contributed by atoms with Gasteiger partial charge in [-0.2, -0.15) is 0 Å². The maximum atomic E-state index is 11.9. The number of hydrogen-bond acceptors (Lipinski definition) is 3. The highest BCUT2D eigenvalue weighted by Gasteiger charge is 2.11. The minimum atomic E-state index is -3.03. The van der Waals surface area contributed by atoms with Crippen LogP contribution in [-0.4, -0.2) is 27.3 Å². The Bertz CT molecular complexity index is 469. The van der Waals surface area contributed by atoms with Crippen LogP contribution in [0.5, 0.6) is 0 Å². The fourth-order valence-electron chi connectivity index (χ4n) is 1.71. The molecule has 0 bridgehead atoms. The molecule has 0 aromatic heterocycles. The average Bonchev–Trinajstić information content (AvgIpc) is 2.31. The second-order valence-electron chi connectivity index (χ2n) is 5.17. The van der Waals surface area contributed by atoms with Crippen molar-refractivity contribution in [2.24, 2.45) is 5.92 Å². The smallest absolute Gasteiger partial charge is 0.154 e. The van der Waals surface area contributed by atoms with Gasteiger partial charge in [-0.1, -0.05) is 37.6 Å². The van der Waals surface area contributed by atoms with Crippen molar-refractivity contribution in [1.29, 1.82) is 0 Å². The molecule has 0 spiro atoms. The zero-order valence-corrected chi connectivity index (χ0v) is 13.1. The lowest BCUT2D eigenvalue weighted by Crippen LogP contribution is -2.23. The van der Waals surface area contributed by atoms with Gasteiger partial charge in [0, 0.05) is 5.02 Å². The van der Waals surface area contributed by atoms with E-state index in [9.17, 15) is 8.42 Å². The zero-order valence-electron chi connectivity index (χ0n) is 11.5. The third-order valence-electron chi connectivity index (χ3n) is 2.66. The van der Waals surface area contributed by atoms with Gasteiger partial charge in [-0.25, -0.2) is 8.42 Å². The van der Waals surface area contributed by atoms with E-state index in [4.69, 9.17) is 11.6 Å². The van der Waals surface area contributed by atoms with Crippen LogP contribution in [0.1, 0.15) is 25.8 Å². The number of hydrogen-bond donors (Lipinski definition) is 1. The molecule has 0 aliphatic carbocycles. The molecule has 0 aliphatic heterocycles. The van der Waals surface area contributed by atoms with Gasteiger partial charge in [-0.05, 0) is 43.1 Å². The summed E-state index contributed by atoms with van der Waals surface area (Å²) in [5.74, 6) is 0.903. The van der Waals surface area contributed by atoms with Crippen LogP contribution in [0.15, 0.2) is 24.3 Å². The van der Waals surface area contributed by atoms with Gasteiger partial charge in [0.1, 0.15) is 0 Å². The Hall–Kier alpha value is -0.580.